The van der Waals surface area contributed by atoms with Gasteiger partial charge in [0.25, 0.3) is 0 Å². The monoisotopic (exact) mass is 220 g/mol. The summed E-state index contributed by atoms with van der Waals surface area (Å²) >= 11 is 0. The molecule has 1 rings (SSSR count). The van der Waals surface area contributed by atoms with E-state index in [-0.39, 0.29) is 17.1 Å². The van der Waals surface area contributed by atoms with Crippen LogP contribution < -0.4 is 0 Å². The van der Waals surface area contributed by atoms with Crippen LogP contribution in [0.2, 0.25) is 0 Å². The molecule has 16 heavy (non-hydrogen) atoms. The van der Waals surface area contributed by atoms with Gasteiger partial charge in [-0.1, -0.05) is 39.0 Å². The van der Waals surface area contributed by atoms with E-state index in [9.17, 15) is 4.79 Å². The highest BCUT2D eigenvalue weighted by Crippen LogP contribution is 2.46. The molecule has 0 N–H and O–H groups in total. The average molecular weight is 220 g/mol. The van der Waals surface area contributed by atoms with Gasteiger partial charge >= 0.3 is 0 Å². The number of hydrogen-bond acceptors (Lipinski definition) is 1. The Bertz CT molecular complexity index is 333. The molecule has 1 nitrogen and oxygen atoms in total. The number of rotatable bonds is 2. The molecule has 1 saturated carbocycles. The van der Waals surface area contributed by atoms with Crippen LogP contribution in [-0.4, -0.2) is 5.78 Å². The van der Waals surface area contributed by atoms with Gasteiger partial charge in [0, 0.05) is 5.92 Å². The maximum Gasteiger partial charge on any atom is 0.165 e. The van der Waals surface area contributed by atoms with Crippen molar-refractivity contribution in [2.45, 2.75) is 47.5 Å². The van der Waals surface area contributed by atoms with E-state index < -0.39 is 0 Å². The number of allylic oxidation sites excluding steroid dienone is 3. The SMILES string of the molecule is C=C1CC(C)CC(C)(C)C1C(=O)C(C)=CC. The summed E-state index contributed by atoms with van der Waals surface area (Å²) in [6.07, 6.45) is 4.01. The van der Waals surface area contributed by atoms with E-state index in [1.165, 1.54) is 0 Å². The molecule has 0 aromatic carbocycles. The summed E-state index contributed by atoms with van der Waals surface area (Å²) in [5.74, 6) is 0.932. The Morgan fingerprint density at radius 2 is 2.06 bits per heavy atom. The number of ketones is 1. The Morgan fingerprint density at radius 1 is 1.50 bits per heavy atom. The van der Waals surface area contributed by atoms with Crippen molar-refractivity contribution in [2.24, 2.45) is 17.3 Å². The zero-order chi connectivity index (χ0) is 12.5. The van der Waals surface area contributed by atoms with Gasteiger partial charge in [-0.2, -0.15) is 0 Å². The summed E-state index contributed by atoms with van der Waals surface area (Å²) in [7, 11) is 0. The summed E-state index contributed by atoms with van der Waals surface area (Å²) in [6.45, 7) is 14.6. The van der Waals surface area contributed by atoms with Gasteiger partial charge < -0.3 is 0 Å². The quantitative estimate of drug-likeness (QED) is 0.504. The van der Waals surface area contributed by atoms with Crippen molar-refractivity contribution < 1.29 is 4.79 Å². The van der Waals surface area contributed by atoms with E-state index in [1.54, 1.807) is 0 Å². The normalized spacial score (nSPS) is 30.3. The van der Waals surface area contributed by atoms with Crippen molar-refractivity contribution in [1.82, 2.24) is 0 Å². The maximum absolute atomic E-state index is 12.3. The van der Waals surface area contributed by atoms with Crippen molar-refractivity contribution >= 4 is 5.78 Å². The Kier molecular flexibility index (Phi) is 3.77. The molecule has 0 radical (unpaired) electrons. The molecule has 2 unspecified atom stereocenters. The van der Waals surface area contributed by atoms with Gasteiger partial charge in [-0.15, -0.1) is 0 Å². The zero-order valence-corrected chi connectivity index (χ0v) is 11.3. The van der Waals surface area contributed by atoms with E-state index in [0.29, 0.717) is 5.92 Å². The first-order chi connectivity index (χ1) is 7.29. The topological polar surface area (TPSA) is 17.1 Å². The summed E-state index contributed by atoms with van der Waals surface area (Å²) in [5, 5.41) is 0. The standard InChI is InChI=1S/C15H24O/c1-7-11(3)14(16)13-12(4)8-10(2)9-15(13,5)6/h7,10,13H,4,8-9H2,1-3,5-6H3. The van der Waals surface area contributed by atoms with Crippen LogP contribution >= 0.6 is 0 Å². The van der Waals surface area contributed by atoms with Crippen molar-refractivity contribution in [3.05, 3.63) is 23.8 Å². The van der Waals surface area contributed by atoms with Crippen LogP contribution in [0.4, 0.5) is 0 Å². The van der Waals surface area contributed by atoms with Crippen molar-refractivity contribution in [2.75, 3.05) is 0 Å². The molecule has 0 aromatic rings. The highest BCUT2D eigenvalue weighted by molar-refractivity contribution is 5.98. The van der Waals surface area contributed by atoms with Crippen molar-refractivity contribution in [3.63, 3.8) is 0 Å². The third kappa shape index (κ3) is 2.45. The average Bonchev–Trinajstić information content (AvgIpc) is 2.13. The van der Waals surface area contributed by atoms with Crippen molar-refractivity contribution in [3.8, 4) is 0 Å². The van der Waals surface area contributed by atoms with Crippen LogP contribution in [0.3, 0.4) is 0 Å². The van der Waals surface area contributed by atoms with Crippen LogP contribution in [0.15, 0.2) is 23.8 Å². The molecule has 0 spiro atoms. The van der Waals surface area contributed by atoms with E-state index in [1.807, 2.05) is 19.9 Å². The molecule has 0 saturated heterocycles. The molecule has 0 bridgehead atoms. The first-order valence-electron chi connectivity index (χ1n) is 6.14. The Hall–Kier alpha value is -0.850. The number of carbonyl (C=O) groups excluding carboxylic acids is 1. The van der Waals surface area contributed by atoms with E-state index >= 15 is 0 Å². The van der Waals surface area contributed by atoms with Crippen molar-refractivity contribution in [1.29, 1.82) is 0 Å². The first-order valence-corrected chi connectivity index (χ1v) is 6.14. The second kappa shape index (κ2) is 4.57. The fourth-order valence-electron chi connectivity index (χ4n) is 3.12. The molecule has 2 atom stereocenters. The van der Waals surface area contributed by atoms with Gasteiger partial charge in [-0.25, -0.2) is 0 Å². The van der Waals surface area contributed by atoms with Crippen LogP contribution in [0.1, 0.15) is 47.5 Å². The summed E-state index contributed by atoms with van der Waals surface area (Å²) < 4.78 is 0. The molecule has 0 amide bonds. The third-order valence-corrected chi connectivity index (χ3v) is 3.76. The molecular weight excluding hydrogens is 196 g/mol. The Balaban J connectivity index is 3.02. The van der Waals surface area contributed by atoms with Gasteiger partial charge in [-0.3, -0.25) is 4.79 Å². The smallest absolute Gasteiger partial charge is 0.165 e. The lowest BCUT2D eigenvalue weighted by Gasteiger charge is -2.42. The van der Waals surface area contributed by atoms with Gasteiger partial charge in [0.05, 0.1) is 0 Å². The van der Waals surface area contributed by atoms with E-state index in [2.05, 4.69) is 27.4 Å². The third-order valence-electron chi connectivity index (χ3n) is 3.76. The minimum absolute atomic E-state index is 0.0138. The molecule has 1 heteroatoms. The van der Waals surface area contributed by atoms with Gasteiger partial charge in [-0.05, 0) is 43.6 Å². The van der Waals surface area contributed by atoms with Gasteiger partial charge in [0.2, 0.25) is 0 Å². The second-order valence-electron chi connectivity index (χ2n) is 5.93. The molecule has 0 heterocycles. The Labute approximate surface area is 99.6 Å². The van der Waals surface area contributed by atoms with E-state index in [0.717, 1.165) is 24.0 Å². The van der Waals surface area contributed by atoms with Crippen LogP contribution in [0.5, 0.6) is 0 Å². The van der Waals surface area contributed by atoms with E-state index in [4.69, 9.17) is 0 Å². The summed E-state index contributed by atoms with van der Waals surface area (Å²) in [6, 6.07) is 0. The molecule has 0 aliphatic heterocycles. The number of Topliss-reactive ketones (excluding diaryl/α,β-unsaturated/α-hetero) is 1. The summed E-state index contributed by atoms with van der Waals surface area (Å²) in [5.41, 5.74) is 2.04. The lowest BCUT2D eigenvalue weighted by Crippen LogP contribution is -2.38. The van der Waals surface area contributed by atoms with Crippen LogP contribution in [-0.2, 0) is 4.79 Å². The predicted octanol–water partition coefficient (Wildman–Crippen LogP) is 4.15. The second-order valence-corrected chi connectivity index (χ2v) is 5.93. The molecular formula is C15H24O. The fourth-order valence-corrected chi connectivity index (χ4v) is 3.12. The minimum Gasteiger partial charge on any atom is -0.294 e. The van der Waals surface area contributed by atoms with Crippen LogP contribution in [0, 0.1) is 17.3 Å². The highest BCUT2D eigenvalue weighted by atomic mass is 16.1. The highest BCUT2D eigenvalue weighted by Gasteiger charge is 2.41. The lowest BCUT2D eigenvalue weighted by molar-refractivity contribution is -0.122. The first kappa shape index (κ1) is 13.2. The minimum atomic E-state index is 0.0138. The number of carbonyl (C=O) groups is 1. The lowest BCUT2D eigenvalue weighted by atomic mass is 9.61. The molecule has 90 valence electrons. The largest absolute Gasteiger partial charge is 0.294 e. The number of hydrogen-bond donors (Lipinski definition) is 0. The molecule has 1 aliphatic carbocycles. The summed E-state index contributed by atoms with van der Waals surface area (Å²) in [4.78, 5) is 12.3. The fraction of sp³-hybridized carbons (Fsp3) is 0.667. The maximum atomic E-state index is 12.3. The zero-order valence-electron chi connectivity index (χ0n) is 11.3. The molecule has 1 aliphatic rings. The van der Waals surface area contributed by atoms with Crippen LogP contribution in [0.25, 0.3) is 0 Å². The van der Waals surface area contributed by atoms with Gasteiger partial charge in [0.1, 0.15) is 0 Å². The Morgan fingerprint density at radius 3 is 2.50 bits per heavy atom. The molecule has 0 aromatic heterocycles. The van der Waals surface area contributed by atoms with Gasteiger partial charge in [0.15, 0.2) is 5.78 Å². The molecule has 1 fully saturated rings. The predicted molar refractivity (Wildman–Crippen MR) is 69.2 cm³/mol.